The number of piperazine rings is 1. The SMILES string of the molecule is COc1cccc(CCNc2nccc(C(=O)N3CCN(C(C)=O)CC3)n2)c1. The summed E-state index contributed by atoms with van der Waals surface area (Å²) in [7, 11) is 1.65. The highest BCUT2D eigenvalue weighted by Gasteiger charge is 2.24. The van der Waals surface area contributed by atoms with Crippen LogP contribution in [0, 0.1) is 0 Å². The molecule has 0 atom stereocenters. The second-order valence-corrected chi connectivity index (χ2v) is 6.59. The van der Waals surface area contributed by atoms with Crippen LogP contribution < -0.4 is 10.1 Å². The van der Waals surface area contributed by atoms with Crippen molar-refractivity contribution in [3.05, 3.63) is 47.8 Å². The van der Waals surface area contributed by atoms with E-state index in [4.69, 9.17) is 4.74 Å². The number of nitrogens with one attached hydrogen (secondary N) is 1. The quantitative estimate of drug-likeness (QED) is 0.812. The number of ether oxygens (including phenoxy) is 1. The monoisotopic (exact) mass is 383 g/mol. The fraction of sp³-hybridized carbons (Fsp3) is 0.400. The van der Waals surface area contributed by atoms with E-state index >= 15 is 0 Å². The molecule has 1 aromatic carbocycles. The molecule has 148 valence electrons. The van der Waals surface area contributed by atoms with E-state index in [9.17, 15) is 9.59 Å². The van der Waals surface area contributed by atoms with Crippen molar-refractivity contribution in [3.8, 4) is 5.75 Å². The molecule has 1 aliphatic heterocycles. The molecule has 2 heterocycles. The van der Waals surface area contributed by atoms with E-state index in [1.165, 1.54) is 0 Å². The Hall–Kier alpha value is -3.16. The molecule has 8 heteroatoms. The first-order valence-electron chi connectivity index (χ1n) is 9.31. The van der Waals surface area contributed by atoms with Gasteiger partial charge in [0, 0.05) is 45.8 Å². The fourth-order valence-electron chi connectivity index (χ4n) is 3.10. The number of nitrogens with zero attached hydrogens (tertiary/aromatic N) is 4. The molecule has 2 amide bonds. The van der Waals surface area contributed by atoms with Crippen molar-refractivity contribution in [2.45, 2.75) is 13.3 Å². The van der Waals surface area contributed by atoms with Crippen LogP contribution in [-0.2, 0) is 11.2 Å². The lowest BCUT2D eigenvalue weighted by Gasteiger charge is -2.34. The van der Waals surface area contributed by atoms with Crippen molar-refractivity contribution >= 4 is 17.8 Å². The van der Waals surface area contributed by atoms with Gasteiger partial charge >= 0.3 is 0 Å². The van der Waals surface area contributed by atoms with Gasteiger partial charge in [0.15, 0.2) is 0 Å². The summed E-state index contributed by atoms with van der Waals surface area (Å²) in [4.78, 5) is 36.1. The molecule has 2 aromatic rings. The Morgan fingerprint density at radius 1 is 1.14 bits per heavy atom. The maximum Gasteiger partial charge on any atom is 0.272 e. The molecule has 0 unspecified atom stereocenters. The van der Waals surface area contributed by atoms with Crippen LogP contribution in [-0.4, -0.2) is 71.4 Å². The molecule has 1 saturated heterocycles. The number of amides is 2. The van der Waals surface area contributed by atoms with Crippen molar-refractivity contribution in [2.24, 2.45) is 0 Å². The molecule has 0 spiro atoms. The Bertz CT molecular complexity index is 834. The van der Waals surface area contributed by atoms with E-state index in [0.717, 1.165) is 17.7 Å². The summed E-state index contributed by atoms with van der Waals surface area (Å²) < 4.78 is 5.23. The Kier molecular flexibility index (Phi) is 6.41. The van der Waals surface area contributed by atoms with E-state index in [-0.39, 0.29) is 11.8 Å². The summed E-state index contributed by atoms with van der Waals surface area (Å²) in [6.45, 7) is 4.32. The minimum Gasteiger partial charge on any atom is -0.497 e. The molecule has 28 heavy (non-hydrogen) atoms. The van der Waals surface area contributed by atoms with Gasteiger partial charge in [-0.05, 0) is 30.2 Å². The van der Waals surface area contributed by atoms with Crippen molar-refractivity contribution < 1.29 is 14.3 Å². The fourth-order valence-corrected chi connectivity index (χ4v) is 3.10. The number of rotatable bonds is 6. The lowest BCUT2D eigenvalue weighted by atomic mass is 10.1. The number of carbonyl (C=O) groups is 2. The number of methoxy groups -OCH3 is 1. The Labute approximate surface area is 164 Å². The Balaban J connectivity index is 1.55. The first-order valence-corrected chi connectivity index (χ1v) is 9.31. The van der Waals surface area contributed by atoms with Gasteiger partial charge in [0.05, 0.1) is 7.11 Å². The third-order valence-corrected chi connectivity index (χ3v) is 4.72. The van der Waals surface area contributed by atoms with Gasteiger partial charge in [-0.2, -0.15) is 0 Å². The molecule has 3 rings (SSSR count). The van der Waals surface area contributed by atoms with Gasteiger partial charge in [-0.15, -0.1) is 0 Å². The molecule has 8 nitrogen and oxygen atoms in total. The van der Waals surface area contributed by atoms with Crippen LogP contribution in [0.15, 0.2) is 36.5 Å². The van der Waals surface area contributed by atoms with E-state index in [1.54, 1.807) is 36.1 Å². The minimum atomic E-state index is -0.138. The number of benzene rings is 1. The van der Waals surface area contributed by atoms with Gasteiger partial charge in [0.2, 0.25) is 11.9 Å². The molecule has 0 bridgehead atoms. The molecule has 0 saturated carbocycles. The summed E-state index contributed by atoms with van der Waals surface area (Å²) >= 11 is 0. The molecule has 1 N–H and O–H groups in total. The van der Waals surface area contributed by atoms with Crippen LogP contribution in [0.4, 0.5) is 5.95 Å². The number of anilines is 1. The molecular weight excluding hydrogens is 358 g/mol. The average molecular weight is 383 g/mol. The molecular formula is C20H25N5O3. The molecule has 1 aromatic heterocycles. The number of hydrogen-bond acceptors (Lipinski definition) is 6. The zero-order chi connectivity index (χ0) is 19.9. The van der Waals surface area contributed by atoms with Crippen molar-refractivity contribution in [1.29, 1.82) is 0 Å². The van der Waals surface area contributed by atoms with Gasteiger partial charge in [0.25, 0.3) is 5.91 Å². The van der Waals surface area contributed by atoms with Gasteiger partial charge < -0.3 is 19.9 Å². The van der Waals surface area contributed by atoms with Crippen molar-refractivity contribution in [2.75, 3.05) is 45.2 Å². The third-order valence-electron chi connectivity index (χ3n) is 4.72. The van der Waals surface area contributed by atoms with Crippen LogP contribution in [0.5, 0.6) is 5.75 Å². The molecule has 1 aliphatic rings. The highest BCUT2D eigenvalue weighted by Crippen LogP contribution is 2.13. The van der Waals surface area contributed by atoms with Crippen LogP contribution in [0.1, 0.15) is 23.0 Å². The predicted octanol–water partition coefficient (Wildman–Crippen LogP) is 1.44. The zero-order valence-electron chi connectivity index (χ0n) is 16.2. The highest BCUT2D eigenvalue weighted by molar-refractivity contribution is 5.92. The van der Waals surface area contributed by atoms with Crippen LogP contribution in [0.25, 0.3) is 0 Å². The number of carbonyl (C=O) groups excluding carboxylic acids is 2. The van der Waals surface area contributed by atoms with E-state index in [2.05, 4.69) is 15.3 Å². The summed E-state index contributed by atoms with van der Waals surface area (Å²) in [6.07, 6.45) is 2.37. The summed E-state index contributed by atoms with van der Waals surface area (Å²) in [6, 6.07) is 9.50. The summed E-state index contributed by atoms with van der Waals surface area (Å²) in [5.74, 6) is 1.15. The number of hydrogen-bond donors (Lipinski definition) is 1. The predicted molar refractivity (Wildman–Crippen MR) is 105 cm³/mol. The van der Waals surface area contributed by atoms with E-state index in [1.807, 2.05) is 24.3 Å². The third kappa shape index (κ3) is 4.97. The lowest BCUT2D eigenvalue weighted by Crippen LogP contribution is -2.50. The smallest absolute Gasteiger partial charge is 0.272 e. The van der Waals surface area contributed by atoms with Gasteiger partial charge in [-0.3, -0.25) is 9.59 Å². The van der Waals surface area contributed by atoms with Crippen molar-refractivity contribution in [1.82, 2.24) is 19.8 Å². The second-order valence-electron chi connectivity index (χ2n) is 6.59. The Morgan fingerprint density at radius 2 is 1.89 bits per heavy atom. The standard InChI is InChI=1S/C20H25N5O3/c1-15(26)24-10-12-25(13-11-24)19(27)18-7-9-22-20(23-18)21-8-6-16-4-3-5-17(14-16)28-2/h3-5,7,9,14H,6,8,10-13H2,1-2H3,(H,21,22,23). The zero-order valence-corrected chi connectivity index (χ0v) is 16.2. The van der Waals surface area contributed by atoms with Gasteiger partial charge in [-0.25, -0.2) is 9.97 Å². The molecule has 0 radical (unpaired) electrons. The first-order chi connectivity index (χ1) is 13.6. The second kappa shape index (κ2) is 9.16. The summed E-state index contributed by atoms with van der Waals surface area (Å²) in [5, 5.41) is 3.16. The van der Waals surface area contributed by atoms with E-state index in [0.29, 0.717) is 44.4 Å². The van der Waals surface area contributed by atoms with Crippen molar-refractivity contribution in [3.63, 3.8) is 0 Å². The van der Waals surface area contributed by atoms with E-state index < -0.39 is 0 Å². The van der Waals surface area contributed by atoms with Gasteiger partial charge in [0.1, 0.15) is 11.4 Å². The van der Waals surface area contributed by atoms with Crippen LogP contribution in [0.3, 0.4) is 0 Å². The Morgan fingerprint density at radius 3 is 2.61 bits per heavy atom. The normalized spacial score (nSPS) is 13.9. The van der Waals surface area contributed by atoms with Gasteiger partial charge in [-0.1, -0.05) is 12.1 Å². The molecule has 0 aliphatic carbocycles. The van der Waals surface area contributed by atoms with Crippen LogP contribution >= 0.6 is 0 Å². The minimum absolute atomic E-state index is 0.0386. The average Bonchev–Trinajstić information content (AvgIpc) is 2.73. The molecule has 1 fully saturated rings. The van der Waals surface area contributed by atoms with Crippen LogP contribution in [0.2, 0.25) is 0 Å². The maximum atomic E-state index is 12.7. The first kappa shape index (κ1) is 19.6. The number of aromatic nitrogens is 2. The largest absolute Gasteiger partial charge is 0.497 e. The highest BCUT2D eigenvalue weighted by atomic mass is 16.5. The summed E-state index contributed by atoms with van der Waals surface area (Å²) in [5.41, 5.74) is 1.50. The maximum absolute atomic E-state index is 12.7. The lowest BCUT2D eigenvalue weighted by molar-refractivity contribution is -0.130. The topological polar surface area (TPSA) is 87.7 Å².